The standard InChI is InChI=1S/Al.Li.Mg.N.3H. The zero-order valence-electron chi connectivity index (χ0n) is 1.02. The molecular formula is H3AlLiMgN. The minimum absolute atomic E-state index is 0. The summed E-state index contributed by atoms with van der Waals surface area (Å²) in [5.41, 5.74) is 0. The van der Waals surface area contributed by atoms with E-state index in [0.29, 0.717) is 0 Å². The summed E-state index contributed by atoms with van der Waals surface area (Å²) >= 11 is 0. The van der Waals surface area contributed by atoms with E-state index in [2.05, 4.69) is 0 Å². The third kappa shape index (κ3) is 9.13. The fourth-order valence-corrected chi connectivity index (χ4v) is 0. The summed E-state index contributed by atoms with van der Waals surface area (Å²) in [6.07, 6.45) is 0. The van der Waals surface area contributed by atoms with E-state index >= 15 is 0 Å². The maximum Gasteiger partial charge on any atom is 0.316 e. The van der Waals surface area contributed by atoms with Crippen molar-refractivity contribution in [2.24, 2.45) is 0 Å². The molecule has 0 aromatic heterocycles. The third-order valence-corrected chi connectivity index (χ3v) is 0. The largest absolute Gasteiger partial charge is 0.316 e. The predicted molar refractivity (Wildman–Crippen MR) is 23.6 cm³/mol. The summed E-state index contributed by atoms with van der Waals surface area (Å²) in [7, 11) is 0. The van der Waals surface area contributed by atoms with Gasteiger partial charge in [0.25, 0.3) is 0 Å². The number of hydrogen-bond donors (Lipinski definition) is 0. The molecular weight excluding hydrogens is 72.2 g/mol. The van der Waals surface area contributed by atoms with Gasteiger partial charge in [0, 0.05) is 23.5 Å². The van der Waals surface area contributed by atoms with Crippen LogP contribution < -0.4 is 6.15 Å². The van der Waals surface area contributed by atoms with Crippen molar-refractivity contribution in [1.82, 2.24) is 6.15 Å². The molecule has 0 aliphatic carbocycles. The van der Waals surface area contributed by atoms with Crippen molar-refractivity contribution < 1.29 is 0 Å². The van der Waals surface area contributed by atoms with Crippen molar-refractivity contribution in [3.8, 4) is 0 Å². The molecule has 14 valence electrons. The van der Waals surface area contributed by atoms with Gasteiger partial charge in [-0.05, 0) is 0 Å². The van der Waals surface area contributed by atoms with Crippen LogP contribution in [0.4, 0.5) is 0 Å². The first-order valence-corrected chi connectivity index (χ1v) is 0. The minimum Gasteiger partial charge on any atom is 0 e. The van der Waals surface area contributed by atoms with E-state index < -0.39 is 0 Å². The topological polar surface area (TPSA) is 30.5 Å². The van der Waals surface area contributed by atoms with E-state index in [1.807, 2.05) is 0 Å². The van der Waals surface area contributed by atoms with Crippen LogP contribution in [0.1, 0.15) is 0 Å². The first kappa shape index (κ1) is 40.1. The van der Waals surface area contributed by atoms with Crippen molar-refractivity contribution in [2.75, 3.05) is 0 Å². The Bertz CT molecular complexity index is 8.00. The van der Waals surface area contributed by atoms with Crippen LogP contribution in [-0.2, 0) is 0 Å². The molecule has 0 bridgehead atoms. The third-order valence-electron chi connectivity index (χ3n) is 0. The van der Waals surface area contributed by atoms with Crippen molar-refractivity contribution in [3.05, 3.63) is 0 Å². The predicted octanol–water partition coefficient (Wildman–Crippen LogP) is -2.43. The van der Waals surface area contributed by atoms with Gasteiger partial charge in [-0.15, -0.1) is 0 Å². The molecule has 0 aliphatic rings. The van der Waals surface area contributed by atoms with Gasteiger partial charge in [0.1, 0.15) is 0 Å². The SMILES string of the molecule is [Al].[LiH].[MgH2].[N]. The van der Waals surface area contributed by atoms with Crippen molar-refractivity contribution in [1.29, 1.82) is 0 Å². The second kappa shape index (κ2) is 21.0. The molecule has 0 rings (SSSR count). The van der Waals surface area contributed by atoms with Gasteiger partial charge in [0.05, 0.1) is 0 Å². The van der Waals surface area contributed by atoms with Gasteiger partial charge >= 0.3 is 41.9 Å². The average molecular weight is 75.3 g/mol. The van der Waals surface area contributed by atoms with Gasteiger partial charge in [-0.2, -0.15) is 0 Å². The van der Waals surface area contributed by atoms with Crippen LogP contribution in [0.15, 0.2) is 0 Å². The molecule has 0 unspecified atom stereocenters. The smallest absolute Gasteiger partial charge is 0 e. The molecule has 0 saturated heterocycles. The van der Waals surface area contributed by atoms with Crippen LogP contribution in [0, 0.1) is 0 Å². The molecule has 0 atom stereocenters. The molecule has 0 aromatic rings. The van der Waals surface area contributed by atoms with Gasteiger partial charge in [-0.3, -0.25) is 0 Å². The summed E-state index contributed by atoms with van der Waals surface area (Å²) < 4.78 is 0. The average Bonchev–Trinajstić information content (AvgIpc) is 0. The molecule has 0 spiro atoms. The van der Waals surface area contributed by atoms with Gasteiger partial charge < -0.3 is 0 Å². The van der Waals surface area contributed by atoms with Crippen molar-refractivity contribution >= 4 is 59.3 Å². The second-order valence-corrected chi connectivity index (χ2v) is 0. The van der Waals surface area contributed by atoms with Gasteiger partial charge in [0.15, 0.2) is 0 Å². The Kier molecular flexibility index (Phi) is 210. The van der Waals surface area contributed by atoms with E-state index in [9.17, 15) is 0 Å². The van der Waals surface area contributed by atoms with Gasteiger partial charge in [-0.1, -0.05) is 0 Å². The zero-order valence-corrected chi connectivity index (χ0v) is 2.18. The molecule has 0 aliphatic heterocycles. The Balaban J connectivity index is 0. The Morgan fingerprint density at radius 3 is 1.00 bits per heavy atom. The summed E-state index contributed by atoms with van der Waals surface area (Å²) in [6, 6.07) is 0. The Morgan fingerprint density at radius 2 is 1.00 bits per heavy atom. The van der Waals surface area contributed by atoms with Gasteiger partial charge in [-0.25, -0.2) is 0 Å². The molecule has 6 radical (unpaired) electrons. The van der Waals surface area contributed by atoms with Crippen LogP contribution in [0.5, 0.6) is 0 Å². The Labute approximate surface area is 64.9 Å². The quantitative estimate of drug-likeness (QED) is 0.287. The summed E-state index contributed by atoms with van der Waals surface area (Å²) in [5.74, 6) is 0. The summed E-state index contributed by atoms with van der Waals surface area (Å²) in [6.45, 7) is 0. The number of rotatable bonds is 0. The minimum atomic E-state index is 0. The second-order valence-electron chi connectivity index (χ2n) is 0. The molecule has 0 aromatic carbocycles. The molecule has 4 heteroatoms. The maximum absolute atomic E-state index is 0. The first-order valence-electron chi connectivity index (χ1n) is 0. The van der Waals surface area contributed by atoms with Crippen molar-refractivity contribution in [2.45, 2.75) is 0 Å². The fraction of sp³-hybridized carbons (Fsp3) is 0. The van der Waals surface area contributed by atoms with E-state index in [-0.39, 0.29) is 65.4 Å². The molecule has 0 heterocycles. The number of nitrogens with zero attached hydrogens (tertiary/aromatic N) is 1. The zero-order chi connectivity index (χ0) is 0. The number of hydrogen-bond acceptors (Lipinski definition) is 0. The monoisotopic (exact) mass is 75.0 g/mol. The normalized spacial score (nSPS) is 0. The van der Waals surface area contributed by atoms with Crippen LogP contribution >= 0.6 is 0 Å². The fourth-order valence-electron chi connectivity index (χ4n) is 0. The van der Waals surface area contributed by atoms with E-state index in [4.69, 9.17) is 0 Å². The Morgan fingerprint density at radius 1 is 1.00 bits per heavy atom. The van der Waals surface area contributed by atoms with Gasteiger partial charge in [0.2, 0.25) is 0 Å². The molecule has 0 fully saturated rings. The van der Waals surface area contributed by atoms with E-state index in [1.165, 1.54) is 0 Å². The van der Waals surface area contributed by atoms with E-state index in [1.54, 1.807) is 0 Å². The van der Waals surface area contributed by atoms with E-state index in [0.717, 1.165) is 0 Å². The summed E-state index contributed by atoms with van der Waals surface area (Å²) in [5, 5.41) is 0. The van der Waals surface area contributed by atoms with Crippen LogP contribution in [0.25, 0.3) is 0 Å². The maximum atomic E-state index is 0. The molecule has 0 amide bonds. The van der Waals surface area contributed by atoms with Crippen LogP contribution in [0.2, 0.25) is 0 Å². The summed E-state index contributed by atoms with van der Waals surface area (Å²) in [4.78, 5) is 0. The Hall–Kier alpha value is 1.86. The van der Waals surface area contributed by atoms with Crippen LogP contribution in [0.3, 0.4) is 0 Å². The molecule has 0 saturated carbocycles. The molecule has 0 N–H and O–H groups in total. The molecule has 1 nitrogen and oxygen atoms in total. The first-order chi connectivity index (χ1) is 0. The van der Waals surface area contributed by atoms with Crippen molar-refractivity contribution in [3.63, 3.8) is 0 Å². The van der Waals surface area contributed by atoms with Crippen LogP contribution in [-0.4, -0.2) is 59.3 Å². The molecule has 4 heavy (non-hydrogen) atoms.